The van der Waals surface area contributed by atoms with Crippen LogP contribution in [-0.2, 0) is 28.4 Å². The molecule has 1 N–H and O–H groups in total. The fraction of sp³-hybridized carbons (Fsp3) is 0.462. The van der Waals surface area contributed by atoms with Crippen LogP contribution in [0.4, 0.5) is 0 Å². The Kier molecular flexibility index (Phi) is 4.36. The molecule has 9 heteroatoms. The van der Waals surface area contributed by atoms with Crippen LogP contribution in [0, 0.1) is 20.8 Å². The lowest BCUT2D eigenvalue weighted by molar-refractivity contribution is -0.119. The molecule has 0 aromatic carbocycles. The van der Waals surface area contributed by atoms with Crippen LogP contribution in [-0.4, -0.2) is 33.9 Å². The molecule has 120 valence electrons. The van der Waals surface area contributed by atoms with Gasteiger partial charge < -0.3 is 0 Å². The highest BCUT2D eigenvalue weighted by Crippen LogP contribution is 2.18. The fourth-order valence-corrected chi connectivity index (χ4v) is 3.65. The van der Waals surface area contributed by atoms with E-state index in [-0.39, 0.29) is 11.3 Å². The molecular weight excluding hydrogens is 306 g/mol. The summed E-state index contributed by atoms with van der Waals surface area (Å²) in [7, 11) is -2.26. The lowest BCUT2D eigenvalue weighted by Gasteiger charge is -2.07. The van der Waals surface area contributed by atoms with Gasteiger partial charge in [-0.05, 0) is 26.3 Å². The van der Waals surface area contributed by atoms with E-state index in [2.05, 4.69) is 14.9 Å². The Labute approximate surface area is 129 Å². The number of nitrogens with zero attached hydrogens (tertiary/aromatic N) is 4. The van der Waals surface area contributed by atoms with E-state index in [0.717, 1.165) is 5.56 Å². The maximum absolute atomic E-state index is 12.3. The zero-order valence-corrected chi connectivity index (χ0v) is 13.8. The maximum atomic E-state index is 12.3. The number of aryl methyl sites for hydroxylation is 4. The van der Waals surface area contributed by atoms with Crippen LogP contribution in [0.3, 0.4) is 0 Å². The number of rotatable bonds is 5. The molecule has 2 heterocycles. The average Bonchev–Trinajstić information content (AvgIpc) is 2.91. The zero-order valence-electron chi connectivity index (χ0n) is 13.0. The highest BCUT2D eigenvalue weighted by atomic mass is 32.2. The van der Waals surface area contributed by atoms with Gasteiger partial charge in [0.05, 0.1) is 17.6 Å². The highest BCUT2D eigenvalue weighted by Gasteiger charge is 2.25. The van der Waals surface area contributed by atoms with Gasteiger partial charge in [0.15, 0.2) is 0 Å². The molecular formula is C13H19N5O3S. The largest absolute Gasteiger partial charge is 0.274 e. The van der Waals surface area contributed by atoms with Crippen molar-refractivity contribution < 1.29 is 13.2 Å². The Balaban J connectivity index is 2.06. The van der Waals surface area contributed by atoms with E-state index in [4.69, 9.17) is 0 Å². The summed E-state index contributed by atoms with van der Waals surface area (Å²) in [4.78, 5) is 11.9. The average molecular weight is 325 g/mol. The van der Waals surface area contributed by atoms with E-state index < -0.39 is 15.9 Å². The van der Waals surface area contributed by atoms with Gasteiger partial charge in [0.2, 0.25) is 5.91 Å². The number of hydrogen-bond acceptors (Lipinski definition) is 5. The molecule has 2 rings (SSSR count). The van der Waals surface area contributed by atoms with Crippen LogP contribution in [0.5, 0.6) is 0 Å². The standard InChI is InChI=1S/C13H19N5O3S/c1-9-7-14-18(8-9)6-5-12(19)16-22(20,21)13-10(2)15-17(4)11(13)3/h7-8H,5-6H2,1-4H3,(H,16,19). The lowest BCUT2D eigenvalue weighted by Crippen LogP contribution is -2.32. The molecule has 0 bridgehead atoms. The molecule has 0 saturated heterocycles. The summed E-state index contributed by atoms with van der Waals surface area (Å²) < 4.78 is 29.8. The van der Waals surface area contributed by atoms with Crippen LogP contribution in [0.15, 0.2) is 17.3 Å². The van der Waals surface area contributed by atoms with Crippen molar-refractivity contribution in [1.29, 1.82) is 0 Å². The summed E-state index contributed by atoms with van der Waals surface area (Å²) in [6.45, 7) is 5.45. The smallest absolute Gasteiger partial charge is 0.267 e. The maximum Gasteiger partial charge on any atom is 0.267 e. The molecule has 0 aliphatic carbocycles. The third kappa shape index (κ3) is 3.35. The SMILES string of the molecule is Cc1cnn(CCC(=O)NS(=O)(=O)c2c(C)nn(C)c2C)c1. The molecule has 0 fully saturated rings. The molecule has 0 aliphatic heterocycles. The predicted octanol–water partition coefficient (Wildman–Crippen LogP) is 0.437. The van der Waals surface area contributed by atoms with Crippen molar-refractivity contribution >= 4 is 15.9 Å². The van der Waals surface area contributed by atoms with Gasteiger partial charge in [0, 0.05) is 26.2 Å². The number of aromatic nitrogens is 4. The molecule has 0 radical (unpaired) electrons. The van der Waals surface area contributed by atoms with Crippen molar-refractivity contribution in [2.24, 2.45) is 7.05 Å². The summed E-state index contributed by atoms with van der Waals surface area (Å²) in [5.74, 6) is -0.573. The Hall–Kier alpha value is -2.16. The van der Waals surface area contributed by atoms with E-state index in [9.17, 15) is 13.2 Å². The first-order chi connectivity index (χ1) is 10.2. The Bertz CT molecular complexity index is 804. The van der Waals surface area contributed by atoms with Gasteiger partial charge in [0.25, 0.3) is 10.0 Å². The third-order valence-electron chi connectivity index (χ3n) is 3.29. The zero-order chi connectivity index (χ0) is 16.5. The van der Waals surface area contributed by atoms with Crippen molar-refractivity contribution in [3.8, 4) is 0 Å². The number of carbonyl (C=O) groups is 1. The van der Waals surface area contributed by atoms with Gasteiger partial charge in [-0.15, -0.1) is 0 Å². The normalized spacial score (nSPS) is 11.6. The van der Waals surface area contributed by atoms with Crippen LogP contribution < -0.4 is 4.72 Å². The topological polar surface area (TPSA) is 98.9 Å². The Morgan fingerprint density at radius 2 is 2.00 bits per heavy atom. The summed E-state index contributed by atoms with van der Waals surface area (Å²) in [6, 6.07) is 0. The van der Waals surface area contributed by atoms with E-state index in [1.807, 2.05) is 6.92 Å². The second-order valence-electron chi connectivity index (χ2n) is 5.18. The van der Waals surface area contributed by atoms with Gasteiger partial charge in [-0.1, -0.05) is 0 Å². The number of carbonyl (C=O) groups excluding carboxylic acids is 1. The van der Waals surface area contributed by atoms with Crippen LogP contribution >= 0.6 is 0 Å². The van der Waals surface area contributed by atoms with Gasteiger partial charge >= 0.3 is 0 Å². The van der Waals surface area contributed by atoms with E-state index in [1.165, 1.54) is 4.68 Å². The number of sulfonamides is 1. The molecule has 8 nitrogen and oxygen atoms in total. The Morgan fingerprint density at radius 1 is 1.32 bits per heavy atom. The molecule has 0 aliphatic rings. The lowest BCUT2D eigenvalue weighted by atomic mass is 10.4. The van der Waals surface area contributed by atoms with E-state index >= 15 is 0 Å². The molecule has 0 saturated carbocycles. The third-order valence-corrected chi connectivity index (χ3v) is 4.91. The van der Waals surface area contributed by atoms with Crippen LogP contribution in [0.1, 0.15) is 23.4 Å². The quantitative estimate of drug-likeness (QED) is 0.860. The van der Waals surface area contributed by atoms with Gasteiger partial charge in [0.1, 0.15) is 4.90 Å². The monoisotopic (exact) mass is 325 g/mol. The highest BCUT2D eigenvalue weighted by molar-refractivity contribution is 7.90. The van der Waals surface area contributed by atoms with Crippen molar-refractivity contribution in [2.45, 2.75) is 38.6 Å². The molecule has 0 unspecified atom stereocenters. The first kappa shape index (κ1) is 16.2. The van der Waals surface area contributed by atoms with Gasteiger partial charge in [-0.25, -0.2) is 13.1 Å². The van der Waals surface area contributed by atoms with Crippen molar-refractivity contribution in [3.63, 3.8) is 0 Å². The minimum absolute atomic E-state index is 0.0265. The van der Waals surface area contributed by atoms with Crippen molar-refractivity contribution in [1.82, 2.24) is 24.3 Å². The fourth-order valence-electron chi connectivity index (χ4n) is 2.20. The summed E-state index contributed by atoms with van der Waals surface area (Å²) in [5, 5.41) is 8.10. The second kappa shape index (κ2) is 5.91. The number of nitrogens with one attached hydrogen (secondary N) is 1. The molecule has 0 spiro atoms. The summed E-state index contributed by atoms with van der Waals surface area (Å²) in [5.41, 5.74) is 1.83. The van der Waals surface area contributed by atoms with Crippen molar-refractivity contribution in [3.05, 3.63) is 29.3 Å². The predicted molar refractivity (Wildman–Crippen MR) is 79.6 cm³/mol. The molecule has 22 heavy (non-hydrogen) atoms. The minimum atomic E-state index is -3.91. The Morgan fingerprint density at radius 3 is 2.50 bits per heavy atom. The summed E-state index contributed by atoms with van der Waals surface area (Å²) >= 11 is 0. The van der Waals surface area contributed by atoms with Gasteiger partial charge in [-0.2, -0.15) is 10.2 Å². The first-order valence-electron chi connectivity index (χ1n) is 6.75. The second-order valence-corrected chi connectivity index (χ2v) is 6.80. The summed E-state index contributed by atoms with van der Waals surface area (Å²) in [6.07, 6.45) is 3.49. The first-order valence-corrected chi connectivity index (χ1v) is 8.24. The number of hydrogen-bond donors (Lipinski definition) is 1. The van der Waals surface area contributed by atoms with Crippen LogP contribution in [0.2, 0.25) is 0 Å². The molecule has 2 aromatic heterocycles. The molecule has 0 atom stereocenters. The number of amides is 1. The molecule has 2 aromatic rings. The van der Waals surface area contributed by atoms with E-state index in [1.54, 1.807) is 38.0 Å². The van der Waals surface area contributed by atoms with Crippen LogP contribution in [0.25, 0.3) is 0 Å². The minimum Gasteiger partial charge on any atom is -0.274 e. The molecule has 1 amide bonds. The van der Waals surface area contributed by atoms with Gasteiger partial charge in [-0.3, -0.25) is 14.2 Å². The van der Waals surface area contributed by atoms with Crippen molar-refractivity contribution in [2.75, 3.05) is 0 Å². The van der Waals surface area contributed by atoms with E-state index in [0.29, 0.717) is 17.9 Å².